The summed E-state index contributed by atoms with van der Waals surface area (Å²) in [6.07, 6.45) is 5.99. The summed E-state index contributed by atoms with van der Waals surface area (Å²) in [6.45, 7) is 3.70. The van der Waals surface area contributed by atoms with Gasteiger partial charge in [-0.15, -0.1) is 0 Å². The Morgan fingerprint density at radius 1 is 1.00 bits per heavy atom. The normalized spacial score (nSPS) is 20.1. The average Bonchev–Trinajstić information content (AvgIpc) is 2.60. The van der Waals surface area contributed by atoms with Crippen molar-refractivity contribution < 1.29 is 14.4 Å². The monoisotopic (exact) mass is 324 g/mol. The molecule has 0 spiro atoms. The number of rotatable bonds is 4. The molecule has 1 heterocycles. The van der Waals surface area contributed by atoms with Crippen molar-refractivity contribution in [1.29, 1.82) is 0 Å². The Labute approximate surface area is 137 Å². The number of piperazine rings is 1. The van der Waals surface area contributed by atoms with Crippen LogP contribution in [0, 0.1) is 5.92 Å². The number of carbonyl (C=O) groups is 3. The molecule has 2 fully saturated rings. The number of imide groups is 1. The molecule has 2 aliphatic rings. The molecular weight excluding hydrogens is 296 g/mol. The van der Waals surface area contributed by atoms with Crippen molar-refractivity contribution >= 4 is 17.8 Å². The Hall–Kier alpha value is -1.63. The van der Waals surface area contributed by atoms with Gasteiger partial charge in [0.1, 0.15) is 0 Å². The number of urea groups is 1. The maximum atomic E-state index is 12.5. The maximum Gasteiger partial charge on any atom is 0.321 e. The molecule has 0 aromatic carbocycles. The maximum absolute atomic E-state index is 12.5. The molecule has 1 aliphatic carbocycles. The van der Waals surface area contributed by atoms with Crippen LogP contribution in [-0.2, 0) is 9.59 Å². The highest BCUT2D eigenvalue weighted by Gasteiger charge is 2.28. The predicted molar refractivity (Wildman–Crippen MR) is 86.8 cm³/mol. The van der Waals surface area contributed by atoms with Gasteiger partial charge in [-0.25, -0.2) is 4.79 Å². The molecule has 2 rings (SSSR count). The van der Waals surface area contributed by atoms with Crippen LogP contribution in [0.4, 0.5) is 4.79 Å². The molecule has 0 unspecified atom stereocenters. The molecule has 4 amide bonds. The van der Waals surface area contributed by atoms with Crippen molar-refractivity contribution in [3.05, 3.63) is 0 Å². The zero-order chi connectivity index (χ0) is 16.7. The molecule has 0 aromatic heterocycles. The van der Waals surface area contributed by atoms with Gasteiger partial charge in [-0.3, -0.25) is 19.8 Å². The van der Waals surface area contributed by atoms with Crippen molar-refractivity contribution in [2.24, 2.45) is 5.92 Å². The number of carbonyl (C=O) groups excluding carboxylic acids is 3. The summed E-state index contributed by atoms with van der Waals surface area (Å²) in [5, 5.41) is 4.61. The van der Waals surface area contributed by atoms with Crippen molar-refractivity contribution in [1.82, 2.24) is 20.4 Å². The van der Waals surface area contributed by atoms with Crippen LogP contribution >= 0.6 is 0 Å². The first-order valence-corrected chi connectivity index (χ1v) is 8.63. The van der Waals surface area contributed by atoms with E-state index in [9.17, 15) is 14.4 Å². The van der Waals surface area contributed by atoms with E-state index < -0.39 is 6.03 Å². The Morgan fingerprint density at radius 3 is 2.26 bits per heavy atom. The van der Waals surface area contributed by atoms with Gasteiger partial charge in [0.25, 0.3) is 0 Å². The molecule has 2 N–H and O–H groups in total. The highest BCUT2D eigenvalue weighted by atomic mass is 16.2. The predicted octanol–water partition coefficient (Wildman–Crippen LogP) is 0.557. The molecular formula is C16H28N4O3. The molecule has 7 nitrogen and oxygen atoms in total. The van der Waals surface area contributed by atoms with Gasteiger partial charge in [-0.1, -0.05) is 19.3 Å². The minimum atomic E-state index is -0.474. The van der Waals surface area contributed by atoms with Gasteiger partial charge in [0.15, 0.2) is 0 Å². The highest BCUT2D eigenvalue weighted by molar-refractivity contribution is 5.94. The fourth-order valence-corrected chi connectivity index (χ4v) is 3.31. The molecule has 0 atom stereocenters. The molecule has 0 aromatic rings. The third-order valence-electron chi connectivity index (χ3n) is 4.77. The SMILES string of the molecule is CNC(=O)NC(=O)CCN1CCN(C(=O)C2CCCCC2)CC1. The molecule has 1 saturated carbocycles. The Morgan fingerprint density at radius 2 is 1.65 bits per heavy atom. The number of hydrogen-bond acceptors (Lipinski definition) is 4. The first-order valence-electron chi connectivity index (χ1n) is 8.63. The van der Waals surface area contributed by atoms with Crippen LogP contribution in [-0.4, -0.2) is 67.4 Å². The van der Waals surface area contributed by atoms with E-state index in [2.05, 4.69) is 15.5 Å². The lowest BCUT2D eigenvalue weighted by Crippen LogP contribution is -2.51. The Balaban J connectivity index is 1.66. The summed E-state index contributed by atoms with van der Waals surface area (Å²) in [5.74, 6) is 0.278. The van der Waals surface area contributed by atoms with E-state index >= 15 is 0 Å². The third-order valence-corrected chi connectivity index (χ3v) is 4.77. The van der Waals surface area contributed by atoms with Gasteiger partial charge in [-0.05, 0) is 12.8 Å². The van der Waals surface area contributed by atoms with E-state index in [1.165, 1.54) is 26.3 Å². The fraction of sp³-hybridized carbons (Fsp3) is 0.812. The van der Waals surface area contributed by atoms with Crippen LogP contribution in [0.2, 0.25) is 0 Å². The van der Waals surface area contributed by atoms with Crippen LogP contribution in [0.25, 0.3) is 0 Å². The summed E-state index contributed by atoms with van der Waals surface area (Å²) in [5.41, 5.74) is 0. The van der Waals surface area contributed by atoms with Crippen molar-refractivity contribution in [2.75, 3.05) is 39.8 Å². The van der Waals surface area contributed by atoms with Crippen LogP contribution in [0.3, 0.4) is 0 Å². The average molecular weight is 324 g/mol. The van der Waals surface area contributed by atoms with E-state index in [-0.39, 0.29) is 11.8 Å². The van der Waals surface area contributed by atoms with Gasteiger partial charge >= 0.3 is 6.03 Å². The zero-order valence-corrected chi connectivity index (χ0v) is 14.0. The molecule has 0 bridgehead atoms. The summed E-state index contributed by atoms with van der Waals surface area (Å²) in [7, 11) is 1.48. The lowest BCUT2D eigenvalue weighted by molar-refractivity contribution is -0.138. The van der Waals surface area contributed by atoms with E-state index in [1.54, 1.807) is 0 Å². The topological polar surface area (TPSA) is 81.8 Å². The minimum Gasteiger partial charge on any atom is -0.341 e. The summed E-state index contributed by atoms with van der Waals surface area (Å²) in [4.78, 5) is 39.2. The second kappa shape index (κ2) is 8.86. The number of amides is 4. The van der Waals surface area contributed by atoms with Gasteiger partial charge in [0.2, 0.25) is 11.8 Å². The highest BCUT2D eigenvalue weighted by Crippen LogP contribution is 2.25. The third kappa shape index (κ3) is 5.49. The van der Waals surface area contributed by atoms with E-state index in [4.69, 9.17) is 0 Å². The first-order chi connectivity index (χ1) is 11.1. The second-order valence-electron chi connectivity index (χ2n) is 6.38. The first kappa shape index (κ1) is 17.7. The second-order valence-corrected chi connectivity index (χ2v) is 6.38. The molecule has 7 heteroatoms. The van der Waals surface area contributed by atoms with Gasteiger partial charge in [-0.2, -0.15) is 0 Å². The van der Waals surface area contributed by atoms with Crippen LogP contribution in [0.5, 0.6) is 0 Å². The van der Waals surface area contributed by atoms with Crippen LogP contribution < -0.4 is 10.6 Å². The summed E-state index contributed by atoms with van der Waals surface area (Å²) >= 11 is 0. The molecule has 130 valence electrons. The molecule has 1 saturated heterocycles. The summed E-state index contributed by atoms with van der Waals surface area (Å²) in [6, 6.07) is -0.474. The van der Waals surface area contributed by atoms with E-state index in [0.717, 1.165) is 39.0 Å². The number of nitrogens with one attached hydrogen (secondary N) is 2. The zero-order valence-electron chi connectivity index (χ0n) is 14.0. The molecule has 1 aliphatic heterocycles. The van der Waals surface area contributed by atoms with E-state index in [1.807, 2.05) is 4.90 Å². The lowest BCUT2D eigenvalue weighted by Gasteiger charge is -2.37. The fourth-order valence-electron chi connectivity index (χ4n) is 3.31. The molecule has 23 heavy (non-hydrogen) atoms. The van der Waals surface area contributed by atoms with Gasteiger partial charge < -0.3 is 10.2 Å². The minimum absolute atomic E-state index is 0.230. The Kier molecular flexibility index (Phi) is 6.83. The lowest BCUT2D eigenvalue weighted by atomic mass is 9.88. The standard InChI is InChI=1S/C16H28N4O3/c1-17-16(23)18-14(21)7-8-19-9-11-20(12-10-19)15(22)13-5-3-2-4-6-13/h13H,2-12H2,1H3,(H2,17,18,21,23). The van der Waals surface area contributed by atoms with Crippen molar-refractivity contribution in [3.63, 3.8) is 0 Å². The van der Waals surface area contributed by atoms with Gasteiger partial charge in [0.05, 0.1) is 0 Å². The number of nitrogens with zero attached hydrogens (tertiary/aromatic N) is 2. The molecule has 0 radical (unpaired) electrons. The van der Waals surface area contributed by atoms with Crippen LogP contribution in [0.15, 0.2) is 0 Å². The van der Waals surface area contributed by atoms with Crippen molar-refractivity contribution in [3.8, 4) is 0 Å². The number of hydrogen-bond donors (Lipinski definition) is 2. The van der Waals surface area contributed by atoms with Crippen LogP contribution in [0.1, 0.15) is 38.5 Å². The summed E-state index contributed by atoms with van der Waals surface area (Å²) < 4.78 is 0. The quantitative estimate of drug-likeness (QED) is 0.791. The largest absolute Gasteiger partial charge is 0.341 e. The van der Waals surface area contributed by atoms with Gasteiger partial charge in [0, 0.05) is 52.1 Å². The van der Waals surface area contributed by atoms with Crippen molar-refractivity contribution in [2.45, 2.75) is 38.5 Å². The smallest absolute Gasteiger partial charge is 0.321 e. The Bertz CT molecular complexity index is 427. The van der Waals surface area contributed by atoms with E-state index in [0.29, 0.717) is 18.9 Å².